The minimum atomic E-state index is -3.85. The lowest BCUT2D eigenvalue weighted by molar-refractivity contribution is -0.121. The molecule has 0 aromatic heterocycles. The van der Waals surface area contributed by atoms with Crippen LogP contribution in [0.3, 0.4) is 0 Å². The van der Waals surface area contributed by atoms with Gasteiger partial charge in [0.25, 0.3) is 0 Å². The number of amides is 1. The molecule has 2 rings (SSSR count). The molecule has 0 saturated carbocycles. The fourth-order valence-electron chi connectivity index (χ4n) is 2.56. The lowest BCUT2D eigenvalue weighted by Crippen LogP contribution is -2.40. The average Bonchev–Trinajstić information content (AvgIpc) is 2.64. The van der Waals surface area contributed by atoms with Crippen LogP contribution in [0.4, 0.5) is 0 Å². The van der Waals surface area contributed by atoms with Crippen molar-refractivity contribution < 1.29 is 17.9 Å². The Kier molecular flexibility index (Phi) is 7.24. The molecular weight excluding hydrogens is 388 g/mol. The molecule has 1 amide bonds. The summed E-state index contributed by atoms with van der Waals surface area (Å²) in [7, 11) is -2.40. The van der Waals surface area contributed by atoms with Crippen molar-refractivity contribution in [3.63, 3.8) is 0 Å². The molecular formula is C19H23ClN2O4S. The first-order chi connectivity index (χ1) is 12.8. The standard InChI is InChI=1S/C19H23ClN2O4S/c1-4-22(13-19(23)21-12-15-7-5-6-14(2)10-15)27(24,25)16-8-9-18(26-3)17(20)11-16/h5-11H,4,12-13H2,1-3H3,(H,21,23). The molecule has 0 heterocycles. The van der Waals surface area contributed by atoms with Gasteiger partial charge in [-0.15, -0.1) is 0 Å². The van der Waals surface area contributed by atoms with Crippen LogP contribution in [-0.2, 0) is 21.4 Å². The molecule has 2 aromatic rings. The molecule has 0 radical (unpaired) electrons. The summed E-state index contributed by atoms with van der Waals surface area (Å²) in [5.74, 6) is 0.0103. The number of halogens is 1. The molecule has 0 saturated heterocycles. The maximum absolute atomic E-state index is 12.8. The summed E-state index contributed by atoms with van der Waals surface area (Å²) < 4.78 is 31.8. The Morgan fingerprint density at radius 2 is 1.96 bits per heavy atom. The number of carbonyl (C=O) groups is 1. The van der Waals surface area contributed by atoms with Crippen LogP contribution in [0.15, 0.2) is 47.4 Å². The van der Waals surface area contributed by atoms with Gasteiger partial charge in [-0.05, 0) is 30.7 Å². The normalized spacial score (nSPS) is 11.4. The van der Waals surface area contributed by atoms with Crippen LogP contribution in [0, 0.1) is 6.92 Å². The van der Waals surface area contributed by atoms with Crippen molar-refractivity contribution in [1.29, 1.82) is 0 Å². The first-order valence-corrected chi connectivity index (χ1v) is 10.3. The molecule has 8 heteroatoms. The highest BCUT2D eigenvalue weighted by atomic mass is 35.5. The highest BCUT2D eigenvalue weighted by Gasteiger charge is 2.26. The molecule has 27 heavy (non-hydrogen) atoms. The third-order valence-electron chi connectivity index (χ3n) is 4.01. The van der Waals surface area contributed by atoms with Crippen LogP contribution in [-0.4, -0.2) is 38.8 Å². The number of hydrogen-bond donors (Lipinski definition) is 1. The number of aryl methyl sites for hydroxylation is 1. The number of rotatable bonds is 8. The zero-order valence-corrected chi connectivity index (χ0v) is 17.1. The van der Waals surface area contributed by atoms with Crippen LogP contribution < -0.4 is 10.1 Å². The van der Waals surface area contributed by atoms with Crippen LogP contribution in [0.1, 0.15) is 18.1 Å². The Labute approximate surface area is 165 Å². The van der Waals surface area contributed by atoms with Gasteiger partial charge >= 0.3 is 0 Å². The van der Waals surface area contributed by atoms with Crippen molar-refractivity contribution >= 4 is 27.5 Å². The van der Waals surface area contributed by atoms with E-state index in [4.69, 9.17) is 16.3 Å². The third kappa shape index (κ3) is 5.45. The fourth-order valence-corrected chi connectivity index (χ4v) is 4.32. The van der Waals surface area contributed by atoms with Crippen LogP contribution >= 0.6 is 11.6 Å². The van der Waals surface area contributed by atoms with Crippen molar-refractivity contribution in [2.45, 2.75) is 25.3 Å². The van der Waals surface area contributed by atoms with Crippen molar-refractivity contribution in [3.8, 4) is 5.75 Å². The highest BCUT2D eigenvalue weighted by Crippen LogP contribution is 2.28. The first kappa shape index (κ1) is 21.2. The molecule has 1 N–H and O–H groups in total. The highest BCUT2D eigenvalue weighted by molar-refractivity contribution is 7.89. The van der Waals surface area contributed by atoms with E-state index < -0.39 is 10.0 Å². The topological polar surface area (TPSA) is 75.7 Å². The number of hydrogen-bond acceptors (Lipinski definition) is 4. The van der Waals surface area contributed by atoms with Gasteiger partial charge in [-0.3, -0.25) is 4.79 Å². The van der Waals surface area contributed by atoms with Crippen molar-refractivity contribution in [1.82, 2.24) is 9.62 Å². The summed E-state index contributed by atoms with van der Waals surface area (Å²) in [6.07, 6.45) is 0. The Morgan fingerprint density at radius 1 is 1.22 bits per heavy atom. The van der Waals surface area contributed by atoms with Gasteiger partial charge in [-0.2, -0.15) is 4.31 Å². The molecule has 6 nitrogen and oxygen atoms in total. The van der Waals surface area contributed by atoms with Gasteiger partial charge in [0.05, 0.1) is 23.6 Å². The third-order valence-corrected chi connectivity index (χ3v) is 6.22. The Hall–Kier alpha value is -2.09. The second-order valence-electron chi connectivity index (χ2n) is 5.99. The second kappa shape index (κ2) is 9.21. The summed E-state index contributed by atoms with van der Waals surface area (Å²) in [5.41, 5.74) is 2.05. The number of sulfonamides is 1. The number of nitrogens with one attached hydrogen (secondary N) is 1. The molecule has 0 unspecified atom stereocenters. The first-order valence-electron chi connectivity index (χ1n) is 8.44. The molecule has 0 aliphatic carbocycles. The summed E-state index contributed by atoms with van der Waals surface area (Å²) in [5, 5.41) is 2.95. The summed E-state index contributed by atoms with van der Waals surface area (Å²) in [6, 6.07) is 12.0. The second-order valence-corrected chi connectivity index (χ2v) is 8.34. The van der Waals surface area contributed by atoms with E-state index in [9.17, 15) is 13.2 Å². The van der Waals surface area contributed by atoms with E-state index in [1.807, 2.05) is 31.2 Å². The Morgan fingerprint density at radius 3 is 2.56 bits per heavy atom. The predicted octanol–water partition coefficient (Wildman–Crippen LogP) is 2.98. The van der Waals surface area contributed by atoms with Gasteiger partial charge in [0.1, 0.15) is 5.75 Å². The largest absolute Gasteiger partial charge is 0.495 e. The Balaban J connectivity index is 2.08. The molecule has 0 bridgehead atoms. The van der Waals surface area contributed by atoms with Gasteiger partial charge < -0.3 is 10.1 Å². The average molecular weight is 411 g/mol. The number of likely N-dealkylation sites (N-methyl/N-ethyl adjacent to an activating group) is 1. The quantitative estimate of drug-likeness (QED) is 0.725. The maximum atomic E-state index is 12.8. The van der Waals surface area contributed by atoms with Gasteiger partial charge in [0, 0.05) is 13.1 Å². The predicted molar refractivity (Wildman–Crippen MR) is 105 cm³/mol. The fraction of sp³-hybridized carbons (Fsp3) is 0.316. The van der Waals surface area contributed by atoms with E-state index in [-0.39, 0.29) is 28.9 Å². The molecule has 0 aliphatic heterocycles. The van der Waals surface area contributed by atoms with E-state index in [2.05, 4.69) is 5.32 Å². The lowest BCUT2D eigenvalue weighted by atomic mass is 10.1. The number of methoxy groups -OCH3 is 1. The van der Waals surface area contributed by atoms with Crippen LogP contribution in [0.25, 0.3) is 0 Å². The van der Waals surface area contributed by atoms with Gasteiger partial charge in [-0.1, -0.05) is 48.4 Å². The maximum Gasteiger partial charge on any atom is 0.243 e. The van der Waals surface area contributed by atoms with Crippen LogP contribution in [0.5, 0.6) is 5.75 Å². The van der Waals surface area contributed by atoms with E-state index in [1.54, 1.807) is 6.92 Å². The lowest BCUT2D eigenvalue weighted by Gasteiger charge is -2.20. The zero-order valence-electron chi connectivity index (χ0n) is 15.5. The number of carbonyl (C=O) groups excluding carboxylic acids is 1. The Bertz CT molecular complexity index is 916. The monoisotopic (exact) mass is 410 g/mol. The molecule has 0 spiro atoms. The van der Waals surface area contributed by atoms with Gasteiger partial charge in [-0.25, -0.2) is 8.42 Å². The van der Waals surface area contributed by atoms with E-state index in [0.717, 1.165) is 15.4 Å². The summed E-state index contributed by atoms with van der Waals surface area (Å²) >= 11 is 6.03. The van der Waals surface area contributed by atoms with Crippen molar-refractivity contribution in [3.05, 3.63) is 58.6 Å². The molecule has 2 aromatic carbocycles. The number of ether oxygens (including phenoxy) is 1. The van der Waals surface area contributed by atoms with Gasteiger partial charge in [0.2, 0.25) is 15.9 Å². The molecule has 0 fully saturated rings. The van der Waals surface area contributed by atoms with E-state index in [1.165, 1.54) is 25.3 Å². The smallest absolute Gasteiger partial charge is 0.243 e. The molecule has 146 valence electrons. The van der Waals surface area contributed by atoms with Crippen LogP contribution in [0.2, 0.25) is 5.02 Å². The zero-order chi connectivity index (χ0) is 20.0. The molecule has 0 aliphatic rings. The van der Waals surface area contributed by atoms with Gasteiger partial charge in [0.15, 0.2) is 0 Å². The summed E-state index contributed by atoms with van der Waals surface area (Å²) in [6.45, 7) is 3.87. The van der Waals surface area contributed by atoms with E-state index >= 15 is 0 Å². The number of benzene rings is 2. The minimum Gasteiger partial charge on any atom is -0.495 e. The number of nitrogens with zero attached hydrogens (tertiary/aromatic N) is 1. The van der Waals surface area contributed by atoms with Crippen molar-refractivity contribution in [2.75, 3.05) is 20.2 Å². The SMILES string of the molecule is CCN(CC(=O)NCc1cccc(C)c1)S(=O)(=O)c1ccc(OC)c(Cl)c1. The summed E-state index contributed by atoms with van der Waals surface area (Å²) in [4.78, 5) is 12.3. The van der Waals surface area contributed by atoms with E-state index in [0.29, 0.717) is 12.3 Å². The van der Waals surface area contributed by atoms with Crippen molar-refractivity contribution in [2.24, 2.45) is 0 Å². The molecule has 0 atom stereocenters. The minimum absolute atomic E-state index is 0.0154.